The normalized spacial score (nSPS) is 16.4. The molecule has 0 radical (unpaired) electrons. The van der Waals surface area contributed by atoms with Crippen molar-refractivity contribution in [1.82, 2.24) is 30.3 Å². The van der Waals surface area contributed by atoms with Gasteiger partial charge in [0.1, 0.15) is 5.82 Å². The Kier molecular flexibility index (Phi) is 12.3. The summed E-state index contributed by atoms with van der Waals surface area (Å²) in [6, 6.07) is 24.3. The van der Waals surface area contributed by atoms with E-state index in [1.807, 2.05) is 53.3 Å². The summed E-state index contributed by atoms with van der Waals surface area (Å²) in [5.74, 6) is -0.136. The van der Waals surface area contributed by atoms with Crippen LogP contribution in [0.15, 0.2) is 85.1 Å². The molecule has 0 aliphatic carbocycles. The lowest BCUT2D eigenvalue weighted by Gasteiger charge is -2.30. The standard InChI is InChI=1S/C48H54FN7O3/c1-4-44-41(45(53-35-19-22-59-23-20-35)42-28-52-56(5-2)46(42)54-44)27-51-48(58)39-17-16-38(36-13-6-7-14-37(36)39)47(57)50-26-32-15-18-43(49)40(25-32)34-12-8-11-33(24-34)30-55-21-9-10-31(3)29-55/h6-8,11-18,24-25,28,31,35H,4-5,9-10,19-23,26-27,29-30H2,1-3H3,(H,50,57)(H,51,58)(H,53,54)/t31-/m1/s1. The van der Waals surface area contributed by atoms with Crippen LogP contribution >= 0.6 is 0 Å². The maximum atomic E-state index is 15.3. The molecule has 4 heterocycles. The quantitative estimate of drug-likeness (QED) is 0.107. The number of fused-ring (bicyclic) bond motifs is 2. The number of amides is 2. The number of halogens is 1. The van der Waals surface area contributed by atoms with Crippen molar-refractivity contribution in [3.8, 4) is 11.1 Å². The van der Waals surface area contributed by atoms with Gasteiger partial charge in [0.25, 0.3) is 11.8 Å². The number of pyridine rings is 1. The first-order valence-corrected chi connectivity index (χ1v) is 21.2. The molecule has 8 rings (SSSR count). The molecule has 2 amide bonds. The summed E-state index contributed by atoms with van der Waals surface area (Å²) in [6.07, 6.45) is 6.81. The molecule has 6 aromatic rings. The third-order valence-electron chi connectivity index (χ3n) is 11.9. The summed E-state index contributed by atoms with van der Waals surface area (Å²) >= 11 is 0. The maximum Gasteiger partial charge on any atom is 0.252 e. The first-order chi connectivity index (χ1) is 28.8. The number of piperidine rings is 1. The van der Waals surface area contributed by atoms with Gasteiger partial charge in [-0.05, 0) is 109 Å². The van der Waals surface area contributed by atoms with Gasteiger partial charge < -0.3 is 20.7 Å². The van der Waals surface area contributed by atoms with E-state index in [1.54, 1.807) is 18.2 Å². The van der Waals surface area contributed by atoms with Crippen molar-refractivity contribution in [2.45, 2.75) is 85.1 Å². The Morgan fingerprint density at radius 3 is 2.31 bits per heavy atom. The largest absolute Gasteiger partial charge is 0.381 e. The Bertz CT molecular complexity index is 2480. The number of aromatic nitrogens is 3. The number of likely N-dealkylation sites (tertiary alicyclic amines) is 1. The number of ether oxygens (including phenoxy) is 1. The first kappa shape index (κ1) is 40.1. The smallest absolute Gasteiger partial charge is 0.252 e. The van der Waals surface area contributed by atoms with Crippen LogP contribution in [0.4, 0.5) is 10.1 Å². The summed E-state index contributed by atoms with van der Waals surface area (Å²) in [5.41, 5.74) is 7.85. The highest BCUT2D eigenvalue weighted by molar-refractivity contribution is 6.14. The fraction of sp³-hybridized carbons (Fsp3) is 0.375. The van der Waals surface area contributed by atoms with Crippen LogP contribution in [-0.2, 0) is 37.3 Å². The molecule has 2 aliphatic rings. The van der Waals surface area contributed by atoms with E-state index in [4.69, 9.17) is 9.72 Å². The molecule has 4 aromatic carbocycles. The molecule has 10 nitrogen and oxygen atoms in total. The zero-order chi connectivity index (χ0) is 40.9. The van der Waals surface area contributed by atoms with Crippen molar-refractivity contribution in [2.75, 3.05) is 31.6 Å². The van der Waals surface area contributed by atoms with Crippen molar-refractivity contribution in [2.24, 2.45) is 5.92 Å². The third-order valence-corrected chi connectivity index (χ3v) is 11.9. The van der Waals surface area contributed by atoms with Gasteiger partial charge in [-0.1, -0.05) is 62.4 Å². The van der Waals surface area contributed by atoms with E-state index in [0.717, 1.165) is 77.1 Å². The molecule has 0 unspecified atom stereocenters. The number of carbonyl (C=O) groups is 2. The number of aryl methyl sites for hydroxylation is 2. The zero-order valence-electron chi connectivity index (χ0n) is 34.3. The van der Waals surface area contributed by atoms with Gasteiger partial charge in [0.05, 0.1) is 17.3 Å². The molecular weight excluding hydrogens is 742 g/mol. The minimum absolute atomic E-state index is 0.216. The molecule has 2 fully saturated rings. The van der Waals surface area contributed by atoms with Crippen molar-refractivity contribution in [3.05, 3.63) is 124 Å². The zero-order valence-corrected chi connectivity index (χ0v) is 34.3. The Morgan fingerprint density at radius 1 is 0.847 bits per heavy atom. The van der Waals surface area contributed by atoms with E-state index >= 15 is 4.39 Å². The maximum absolute atomic E-state index is 15.3. The van der Waals surface area contributed by atoms with Gasteiger partial charge in [0.2, 0.25) is 0 Å². The van der Waals surface area contributed by atoms with Crippen LogP contribution in [0.2, 0.25) is 0 Å². The van der Waals surface area contributed by atoms with Crippen molar-refractivity contribution < 1.29 is 18.7 Å². The summed E-state index contributed by atoms with van der Waals surface area (Å²) in [5, 5.41) is 16.9. The van der Waals surface area contributed by atoms with Gasteiger partial charge in [0.15, 0.2) is 5.65 Å². The van der Waals surface area contributed by atoms with Crippen molar-refractivity contribution in [1.29, 1.82) is 0 Å². The number of nitrogens with one attached hydrogen (secondary N) is 3. The Labute approximate surface area is 345 Å². The van der Waals surface area contributed by atoms with Crippen molar-refractivity contribution >= 4 is 39.3 Å². The lowest BCUT2D eigenvalue weighted by molar-refractivity contribution is 0.0904. The first-order valence-electron chi connectivity index (χ1n) is 21.2. The highest BCUT2D eigenvalue weighted by Crippen LogP contribution is 2.32. The van der Waals surface area contributed by atoms with Crippen LogP contribution in [0.1, 0.15) is 89.6 Å². The monoisotopic (exact) mass is 795 g/mol. The van der Waals surface area contributed by atoms with E-state index in [0.29, 0.717) is 59.6 Å². The van der Waals surface area contributed by atoms with E-state index in [9.17, 15) is 9.59 Å². The molecule has 2 saturated heterocycles. The Balaban J connectivity index is 0.985. The summed E-state index contributed by atoms with van der Waals surface area (Å²) in [6.45, 7) is 12.0. The number of anilines is 1. The summed E-state index contributed by atoms with van der Waals surface area (Å²) < 4.78 is 22.8. The molecule has 1 atom stereocenters. The SMILES string of the molecule is CCc1nc2c(cnn2CC)c(NC2CCOCC2)c1CNC(=O)c1ccc(C(=O)NCc2ccc(F)c(-c3cccc(CN4CCC[C@@H](C)C4)c3)c2)c2ccccc12. The highest BCUT2D eigenvalue weighted by atomic mass is 19.1. The topological polar surface area (TPSA) is 113 Å². The van der Waals surface area contributed by atoms with Crippen LogP contribution < -0.4 is 16.0 Å². The molecule has 306 valence electrons. The van der Waals surface area contributed by atoms with E-state index in [1.165, 1.54) is 18.9 Å². The number of rotatable bonds is 13. The molecule has 2 aliphatic heterocycles. The van der Waals surface area contributed by atoms with E-state index < -0.39 is 0 Å². The van der Waals surface area contributed by atoms with Gasteiger partial charge in [-0.15, -0.1) is 0 Å². The molecule has 0 spiro atoms. The molecule has 11 heteroatoms. The molecule has 0 saturated carbocycles. The van der Waals surface area contributed by atoms with Gasteiger partial charge in [-0.2, -0.15) is 5.10 Å². The number of carbonyl (C=O) groups excluding carboxylic acids is 2. The van der Waals surface area contributed by atoms with E-state index in [2.05, 4.69) is 58.9 Å². The molecule has 3 N–H and O–H groups in total. The molecule has 2 aromatic heterocycles. The average molecular weight is 796 g/mol. The van der Waals surface area contributed by atoms with Crippen LogP contribution in [0.25, 0.3) is 32.9 Å². The second-order valence-electron chi connectivity index (χ2n) is 16.1. The van der Waals surface area contributed by atoms with Crippen LogP contribution in [-0.4, -0.2) is 63.8 Å². The van der Waals surface area contributed by atoms with Gasteiger partial charge in [0, 0.05) is 79.9 Å². The minimum atomic E-state index is -0.300. The predicted octanol–water partition coefficient (Wildman–Crippen LogP) is 8.66. The second-order valence-corrected chi connectivity index (χ2v) is 16.1. The van der Waals surface area contributed by atoms with Gasteiger partial charge in [-0.25, -0.2) is 14.1 Å². The van der Waals surface area contributed by atoms with Gasteiger partial charge in [-0.3, -0.25) is 14.5 Å². The lowest BCUT2D eigenvalue weighted by atomic mass is 9.97. The molecular formula is C48H54FN7O3. The predicted molar refractivity (Wildman–Crippen MR) is 232 cm³/mol. The van der Waals surface area contributed by atoms with Crippen LogP contribution in [0.5, 0.6) is 0 Å². The lowest BCUT2D eigenvalue weighted by Crippen LogP contribution is -2.33. The molecule has 59 heavy (non-hydrogen) atoms. The highest BCUT2D eigenvalue weighted by Gasteiger charge is 2.24. The number of nitrogens with zero attached hydrogens (tertiary/aromatic N) is 4. The fourth-order valence-corrected chi connectivity index (χ4v) is 8.77. The number of hydrogen-bond donors (Lipinski definition) is 3. The van der Waals surface area contributed by atoms with Crippen LogP contribution in [0, 0.1) is 11.7 Å². The van der Waals surface area contributed by atoms with E-state index in [-0.39, 0.29) is 36.8 Å². The Hall–Kier alpha value is -5.65. The van der Waals surface area contributed by atoms with Crippen LogP contribution in [0.3, 0.4) is 0 Å². The number of hydrogen-bond acceptors (Lipinski definition) is 7. The summed E-state index contributed by atoms with van der Waals surface area (Å²) in [4.78, 5) is 35.3. The third kappa shape index (κ3) is 8.87. The summed E-state index contributed by atoms with van der Waals surface area (Å²) in [7, 11) is 0. The fourth-order valence-electron chi connectivity index (χ4n) is 8.77. The van der Waals surface area contributed by atoms with Crippen molar-refractivity contribution in [3.63, 3.8) is 0 Å². The Morgan fingerprint density at radius 2 is 1.59 bits per heavy atom. The minimum Gasteiger partial charge on any atom is -0.381 e. The van der Waals surface area contributed by atoms with Gasteiger partial charge >= 0.3 is 0 Å². The average Bonchev–Trinajstić information content (AvgIpc) is 3.68. The second kappa shape index (κ2) is 18.1. The number of benzene rings is 4. The molecule has 0 bridgehead atoms.